The normalized spacial score (nSPS) is 9.94. The number of carbonyl (C=O) groups excluding carboxylic acids is 1. The summed E-state index contributed by atoms with van der Waals surface area (Å²) in [6.45, 7) is 3.96. The fraction of sp³-hybridized carbons (Fsp3) is 0.273. The molecule has 16 heavy (non-hydrogen) atoms. The van der Waals surface area contributed by atoms with E-state index in [1.54, 1.807) is 18.2 Å². The van der Waals surface area contributed by atoms with E-state index in [1.807, 2.05) is 19.9 Å². The maximum atomic E-state index is 11.1. The highest BCUT2D eigenvalue weighted by Gasteiger charge is 2.08. The lowest BCUT2D eigenvalue weighted by molar-refractivity contribution is 0.100. The smallest absolute Gasteiger partial charge is 0.250 e. The Labute approximate surface area is 100 Å². The number of primary amides is 1. The number of amides is 1. The third-order valence-electron chi connectivity index (χ3n) is 1.86. The first kappa shape index (κ1) is 12.4. The molecule has 0 saturated heterocycles. The number of nitrogens with two attached hydrogens (primary N) is 1. The van der Waals surface area contributed by atoms with E-state index in [1.165, 1.54) is 0 Å². The molecule has 0 unspecified atom stereocenters. The van der Waals surface area contributed by atoms with Gasteiger partial charge in [0.25, 0.3) is 5.91 Å². The van der Waals surface area contributed by atoms with Gasteiger partial charge in [0.2, 0.25) is 0 Å². The third kappa shape index (κ3) is 3.51. The summed E-state index contributed by atoms with van der Waals surface area (Å²) in [5.74, 6) is -0.476. The van der Waals surface area contributed by atoms with Gasteiger partial charge in [-0.15, -0.1) is 0 Å². The van der Waals surface area contributed by atoms with Crippen LogP contribution in [0.3, 0.4) is 0 Å². The van der Waals surface area contributed by atoms with Crippen molar-refractivity contribution < 1.29 is 4.79 Å². The lowest BCUT2D eigenvalue weighted by Crippen LogP contribution is -2.34. The Kier molecular flexibility index (Phi) is 4.25. The van der Waals surface area contributed by atoms with Crippen LogP contribution in [0.1, 0.15) is 24.2 Å². The number of hydrogen-bond donors (Lipinski definition) is 3. The number of rotatable bonds is 3. The van der Waals surface area contributed by atoms with E-state index in [0.717, 1.165) is 0 Å². The van der Waals surface area contributed by atoms with Gasteiger partial charge in [0.05, 0.1) is 11.3 Å². The van der Waals surface area contributed by atoms with Gasteiger partial charge in [0.1, 0.15) is 0 Å². The second-order valence-electron chi connectivity index (χ2n) is 3.66. The van der Waals surface area contributed by atoms with Crippen LogP contribution in [0.5, 0.6) is 0 Å². The molecular weight excluding hydrogens is 222 g/mol. The molecule has 1 aromatic rings. The van der Waals surface area contributed by atoms with Crippen molar-refractivity contribution in [2.75, 3.05) is 5.32 Å². The number of anilines is 1. The van der Waals surface area contributed by atoms with Gasteiger partial charge in [-0.25, -0.2) is 0 Å². The minimum Gasteiger partial charge on any atom is -0.366 e. The lowest BCUT2D eigenvalue weighted by atomic mass is 10.1. The highest BCUT2D eigenvalue weighted by molar-refractivity contribution is 7.80. The standard InChI is InChI=1S/C11H15N3OS/c1-7(2)13-11(16)14-9-6-4-3-5-8(9)10(12)15/h3-7H,1-2H3,(H2,12,15)(H2,13,14,16). The monoisotopic (exact) mass is 237 g/mol. The van der Waals surface area contributed by atoms with E-state index in [9.17, 15) is 4.79 Å². The van der Waals surface area contributed by atoms with Gasteiger partial charge in [0.15, 0.2) is 5.11 Å². The maximum Gasteiger partial charge on any atom is 0.250 e. The summed E-state index contributed by atoms with van der Waals surface area (Å²) in [4.78, 5) is 11.1. The van der Waals surface area contributed by atoms with E-state index < -0.39 is 5.91 Å². The fourth-order valence-electron chi connectivity index (χ4n) is 1.23. The average Bonchev–Trinajstić information content (AvgIpc) is 2.16. The SMILES string of the molecule is CC(C)NC(=S)Nc1ccccc1C(N)=O. The molecule has 0 heterocycles. The molecule has 0 radical (unpaired) electrons. The molecule has 1 amide bonds. The molecule has 86 valence electrons. The number of benzene rings is 1. The van der Waals surface area contributed by atoms with Crippen molar-refractivity contribution in [3.8, 4) is 0 Å². The summed E-state index contributed by atoms with van der Waals surface area (Å²) in [7, 11) is 0. The van der Waals surface area contributed by atoms with Crippen molar-refractivity contribution in [2.45, 2.75) is 19.9 Å². The molecule has 0 aromatic heterocycles. The van der Waals surface area contributed by atoms with Gasteiger partial charge in [-0.3, -0.25) is 4.79 Å². The van der Waals surface area contributed by atoms with Gasteiger partial charge < -0.3 is 16.4 Å². The Hall–Kier alpha value is -1.62. The summed E-state index contributed by atoms with van der Waals surface area (Å²) in [5, 5.41) is 6.44. The maximum absolute atomic E-state index is 11.1. The second-order valence-corrected chi connectivity index (χ2v) is 4.07. The van der Waals surface area contributed by atoms with Crippen LogP contribution in [-0.2, 0) is 0 Å². The van der Waals surface area contributed by atoms with Gasteiger partial charge in [-0.2, -0.15) is 0 Å². The summed E-state index contributed by atoms with van der Waals surface area (Å²) < 4.78 is 0. The number of para-hydroxylation sites is 1. The van der Waals surface area contributed by atoms with Gasteiger partial charge in [0, 0.05) is 6.04 Å². The predicted molar refractivity (Wildman–Crippen MR) is 69.5 cm³/mol. The zero-order chi connectivity index (χ0) is 12.1. The highest BCUT2D eigenvalue weighted by atomic mass is 32.1. The molecule has 1 aromatic carbocycles. The van der Waals surface area contributed by atoms with Crippen LogP contribution in [0.2, 0.25) is 0 Å². The fourth-order valence-corrected chi connectivity index (χ4v) is 1.57. The third-order valence-corrected chi connectivity index (χ3v) is 2.08. The average molecular weight is 237 g/mol. The van der Waals surface area contributed by atoms with E-state index in [2.05, 4.69) is 10.6 Å². The molecular formula is C11H15N3OS. The van der Waals surface area contributed by atoms with Crippen molar-refractivity contribution >= 4 is 28.9 Å². The molecule has 4 nitrogen and oxygen atoms in total. The molecule has 0 aliphatic heterocycles. The van der Waals surface area contributed by atoms with Crippen LogP contribution in [0.15, 0.2) is 24.3 Å². The molecule has 0 aliphatic carbocycles. The van der Waals surface area contributed by atoms with Crippen LogP contribution >= 0.6 is 12.2 Å². The van der Waals surface area contributed by atoms with Crippen molar-refractivity contribution in [3.05, 3.63) is 29.8 Å². The van der Waals surface area contributed by atoms with Gasteiger partial charge >= 0.3 is 0 Å². The largest absolute Gasteiger partial charge is 0.366 e. The van der Waals surface area contributed by atoms with E-state index in [-0.39, 0.29) is 6.04 Å². The molecule has 5 heteroatoms. The Morgan fingerprint density at radius 1 is 1.38 bits per heavy atom. The molecule has 1 rings (SSSR count). The Morgan fingerprint density at radius 3 is 2.56 bits per heavy atom. The molecule has 4 N–H and O–H groups in total. The number of hydrogen-bond acceptors (Lipinski definition) is 2. The van der Waals surface area contributed by atoms with Crippen molar-refractivity contribution in [3.63, 3.8) is 0 Å². The van der Waals surface area contributed by atoms with Crippen LogP contribution < -0.4 is 16.4 Å². The molecule has 0 bridgehead atoms. The Bertz CT molecular complexity index is 404. The first-order valence-electron chi connectivity index (χ1n) is 4.97. The van der Waals surface area contributed by atoms with Crippen LogP contribution in [0.4, 0.5) is 5.69 Å². The second kappa shape index (κ2) is 5.46. The summed E-state index contributed by atoms with van der Waals surface area (Å²) in [5.41, 5.74) is 6.29. The highest BCUT2D eigenvalue weighted by Crippen LogP contribution is 2.13. The summed E-state index contributed by atoms with van der Waals surface area (Å²) >= 11 is 5.08. The van der Waals surface area contributed by atoms with Gasteiger partial charge in [-0.05, 0) is 38.2 Å². The zero-order valence-electron chi connectivity index (χ0n) is 9.28. The molecule has 0 saturated carbocycles. The van der Waals surface area contributed by atoms with E-state index >= 15 is 0 Å². The number of carbonyl (C=O) groups is 1. The van der Waals surface area contributed by atoms with E-state index in [4.69, 9.17) is 18.0 Å². The van der Waals surface area contributed by atoms with Crippen molar-refractivity contribution in [1.82, 2.24) is 5.32 Å². The van der Waals surface area contributed by atoms with Crippen LogP contribution in [0, 0.1) is 0 Å². The number of nitrogens with one attached hydrogen (secondary N) is 2. The Morgan fingerprint density at radius 2 is 2.00 bits per heavy atom. The van der Waals surface area contributed by atoms with Crippen LogP contribution in [0.25, 0.3) is 0 Å². The lowest BCUT2D eigenvalue weighted by Gasteiger charge is -2.14. The zero-order valence-corrected chi connectivity index (χ0v) is 10.1. The molecule has 0 spiro atoms. The first-order valence-corrected chi connectivity index (χ1v) is 5.38. The topological polar surface area (TPSA) is 67.2 Å². The molecule has 0 fully saturated rings. The summed E-state index contributed by atoms with van der Waals surface area (Å²) in [6.07, 6.45) is 0. The van der Waals surface area contributed by atoms with Crippen LogP contribution in [-0.4, -0.2) is 17.1 Å². The minimum absolute atomic E-state index is 0.237. The van der Waals surface area contributed by atoms with Gasteiger partial charge in [-0.1, -0.05) is 12.1 Å². The van der Waals surface area contributed by atoms with E-state index in [0.29, 0.717) is 16.4 Å². The van der Waals surface area contributed by atoms with Crippen molar-refractivity contribution in [1.29, 1.82) is 0 Å². The van der Waals surface area contributed by atoms with Crippen molar-refractivity contribution in [2.24, 2.45) is 5.73 Å². The summed E-state index contributed by atoms with van der Waals surface area (Å²) in [6, 6.07) is 7.22. The molecule has 0 aliphatic rings. The minimum atomic E-state index is -0.476. The quantitative estimate of drug-likeness (QED) is 0.697. The molecule has 0 atom stereocenters. The first-order chi connectivity index (χ1) is 7.50. The number of thiocarbonyl (C=S) groups is 1. The predicted octanol–water partition coefficient (Wildman–Crippen LogP) is 1.48. The Balaban J connectivity index is 2.81.